The fourth-order valence-corrected chi connectivity index (χ4v) is 2.43. The van der Waals surface area contributed by atoms with E-state index in [2.05, 4.69) is 15.2 Å². The summed E-state index contributed by atoms with van der Waals surface area (Å²) in [5.41, 5.74) is 6.16. The lowest BCUT2D eigenvalue weighted by molar-refractivity contribution is 0.535. The summed E-state index contributed by atoms with van der Waals surface area (Å²) in [5.74, 6) is -0.650. The number of nitrogens with two attached hydrogens (primary N) is 1. The summed E-state index contributed by atoms with van der Waals surface area (Å²) in [7, 11) is 0. The quantitative estimate of drug-likeness (QED) is 0.905. The zero-order chi connectivity index (χ0) is 14.0. The van der Waals surface area contributed by atoms with E-state index in [1.54, 1.807) is 13.8 Å². The number of aromatic nitrogens is 3. The summed E-state index contributed by atoms with van der Waals surface area (Å²) in [6.45, 7) is 3.50. The smallest absolute Gasteiger partial charge is 0.213 e. The standard InChI is InChI=1S/C12H14F2N4S/c1-6(15)3-8-4-9(13)11(10(14)5-8)19-12-16-7(2)17-18-12/h4-6H,3,15H2,1-2H3,(H,16,17,18). The maximum absolute atomic E-state index is 13.9. The minimum atomic E-state index is -0.622. The maximum Gasteiger partial charge on any atom is 0.213 e. The van der Waals surface area contributed by atoms with Crippen molar-refractivity contribution in [3.05, 3.63) is 35.2 Å². The first-order chi connectivity index (χ1) is 8.95. The van der Waals surface area contributed by atoms with E-state index in [-0.39, 0.29) is 16.1 Å². The number of hydrogen-bond donors (Lipinski definition) is 2. The average molecular weight is 284 g/mol. The van der Waals surface area contributed by atoms with Gasteiger partial charge >= 0.3 is 0 Å². The van der Waals surface area contributed by atoms with Crippen LogP contribution in [0.25, 0.3) is 0 Å². The predicted octanol–water partition coefficient (Wildman–Crippen LogP) is 2.43. The molecule has 0 bridgehead atoms. The number of nitrogens with one attached hydrogen (secondary N) is 1. The second kappa shape index (κ2) is 5.66. The molecule has 0 aliphatic rings. The molecule has 4 nitrogen and oxygen atoms in total. The van der Waals surface area contributed by atoms with E-state index >= 15 is 0 Å². The molecule has 1 aromatic heterocycles. The van der Waals surface area contributed by atoms with E-state index < -0.39 is 11.6 Å². The molecule has 0 radical (unpaired) electrons. The Labute approximate surface area is 113 Å². The lowest BCUT2D eigenvalue weighted by Crippen LogP contribution is -2.18. The summed E-state index contributed by atoms with van der Waals surface area (Å²) in [4.78, 5) is 3.90. The van der Waals surface area contributed by atoms with Gasteiger partial charge in [0.05, 0.1) is 4.90 Å². The highest BCUT2D eigenvalue weighted by molar-refractivity contribution is 7.99. The highest BCUT2D eigenvalue weighted by atomic mass is 32.2. The Morgan fingerprint density at radius 2 is 2.00 bits per heavy atom. The van der Waals surface area contributed by atoms with Crippen LogP contribution in [0.1, 0.15) is 18.3 Å². The molecule has 7 heteroatoms. The summed E-state index contributed by atoms with van der Waals surface area (Å²) in [6.07, 6.45) is 0.429. The van der Waals surface area contributed by atoms with Crippen LogP contribution >= 0.6 is 11.8 Å². The van der Waals surface area contributed by atoms with Gasteiger partial charge in [-0.2, -0.15) is 0 Å². The van der Waals surface area contributed by atoms with Crippen molar-refractivity contribution in [2.24, 2.45) is 5.73 Å². The molecule has 1 aromatic carbocycles. The Morgan fingerprint density at radius 3 is 2.47 bits per heavy atom. The number of rotatable bonds is 4. The van der Waals surface area contributed by atoms with Crippen molar-refractivity contribution >= 4 is 11.8 Å². The van der Waals surface area contributed by atoms with Crippen molar-refractivity contribution in [1.29, 1.82) is 0 Å². The molecule has 3 N–H and O–H groups in total. The number of aryl methyl sites for hydroxylation is 1. The van der Waals surface area contributed by atoms with Gasteiger partial charge in [-0.1, -0.05) is 0 Å². The van der Waals surface area contributed by atoms with Gasteiger partial charge in [0, 0.05) is 6.04 Å². The lowest BCUT2D eigenvalue weighted by Gasteiger charge is -2.08. The van der Waals surface area contributed by atoms with Gasteiger partial charge in [0.2, 0.25) is 5.16 Å². The Balaban J connectivity index is 2.26. The maximum atomic E-state index is 13.9. The molecule has 19 heavy (non-hydrogen) atoms. The van der Waals surface area contributed by atoms with Crippen molar-refractivity contribution in [3.63, 3.8) is 0 Å². The summed E-state index contributed by atoms with van der Waals surface area (Å²) in [6, 6.07) is 2.45. The van der Waals surface area contributed by atoms with Crippen molar-refractivity contribution in [2.75, 3.05) is 0 Å². The van der Waals surface area contributed by atoms with Gasteiger partial charge in [0.25, 0.3) is 0 Å². The number of hydrogen-bond acceptors (Lipinski definition) is 4. The van der Waals surface area contributed by atoms with E-state index in [9.17, 15) is 8.78 Å². The fraction of sp³-hybridized carbons (Fsp3) is 0.333. The normalized spacial score (nSPS) is 12.7. The van der Waals surface area contributed by atoms with Gasteiger partial charge in [-0.3, -0.25) is 5.10 Å². The van der Waals surface area contributed by atoms with Gasteiger partial charge in [-0.15, -0.1) is 5.10 Å². The molecule has 2 aromatic rings. The molecular weight excluding hydrogens is 270 g/mol. The van der Waals surface area contributed by atoms with Crippen molar-refractivity contribution in [2.45, 2.75) is 36.4 Å². The Kier molecular flexibility index (Phi) is 4.16. The van der Waals surface area contributed by atoms with E-state index in [0.29, 0.717) is 17.8 Å². The number of aromatic amines is 1. The number of halogens is 2. The SMILES string of the molecule is Cc1nc(Sc2c(F)cc(CC(C)N)cc2F)n[nH]1. The molecule has 0 aliphatic heterocycles. The molecule has 1 heterocycles. The molecule has 0 aliphatic carbocycles. The fourth-order valence-electron chi connectivity index (χ4n) is 1.66. The molecular formula is C12H14F2N4S. The van der Waals surface area contributed by atoms with E-state index in [0.717, 1.165) is 11.8 Å². The van der Waals surface area contributed by atoms with Crippen molar-refractivity contribution < 1.29 is 8.78 Å². The van der Waals surface area contributed by atoms with Gasteiger partial charge < -0.3 is 5.73 Å². The van der Waals surface area contributed by atoms with Crippen LogP contribution in [-0.4, -0.2) is 21.2 Å². The third-order valence-electron chi connectivity index (χ3n) is 2.39. The summed E-state index contributed by atoms with van der Waals surface area (Å²) in [5, 5.41) is 6.75. The number of nitrogens with zero attached hydrogens (tertiary/aromatic N) is 2. The van der Waals surface area contributed by atoms with Crippen LogP contribution < -0.4 is 5.73 Å². The van der Waals surface area contributed by atoms with Crippen LogP contribution in [0.15, 0.2) is 22.2 Å². The topological polar surface area (TPSA) is 67.6 Å². The van der Waals surface area contributed by atoms with Crippen LogP contribution in [-0.2, 0) is 6.42 Å². The third kappa shape index (κ3) is 3.51. The zero-order valence-corrected chi connectivity index (χ0v) is 11.4. The summed E-state index contributed by atoms with van der Waals surface area (Å²) >= 11 is 0.855. The van der Waals surface area contributed by atoms with Crippen LogP contribution in [0.3, 0.4) is 0 Å². The first-order valence-electron chi connectivity index (χ1n) is 5.76. The Hall–Kier alpha value is -1.47. The monoisotopic (exact) mass is 284 g/mol. The molecule has 0 spiro atoms. The first kappa shape index (κ1) is 14.0. The van der Waals surface area contributed by atoms with Crippen molar-refractivity contribution in [1.82, 2.24) is 15.2 Å². The first-order valence-corrected chi connectivity index (χ1v) is 6.57. The highest BCUT2D eigenvalue weighted by Crippen LogP contribution is 2.30. The molecule has 2 rings (SSSR count). The van der Waals surface area contributed by atoms with Crippen LogP contribution in [0, 0.1) is 18.6 Å². The summed E-state index contributed by atoms with van der Waals surface area (Å²) < 4.78 is 27.8. The van der Waals surface area contributed by atoms with E-state index in [1.165, 1.54) is 12.1 Å². The van der Waals surface area contributed by atoms with Crippen LogP contribution in [0.4, 0.5) is 8.78 Å². The minimum absolute atomic E-state index is 0.104. The minimum Gasteiger partial charge on any atom is -0.328 e. The van der Waals surface area contributed by atoms with E-state index in [4.69, 9.17) is 5.73 Å². The number of benzene rings is 1. The average Bonchev–Trinajstić information content (AvgIpc) is 2.68. The van der Waals surface area contributed by atoms with Crippen molar-refractivity contribution in [3.8, 4) is 0 Å². The Morgan fingerprint density at radius 1 is 1.37 bits per heavy atom. The highest BCUT2D eigenvalue weighted by Gasteiger charge is 2.15. The van der Waals surface area contributed by atoms with Gasteiger partial charge in [0.15, 0.2) is 0 Å². The van der Waals surface area contributed by atoms with Gasteiger partial charge in [-0.25, -0.2) is 13.8 Å². The zero-order valence-electron chi connectivity index (χ0n) is 10.6. The lowest BCUT2D eigenvalue weighted by atomic mass is 10.1. The van der Waals surface area contributed by atoms with Crippen LogP contribution in [0.5, 0.6) is 0 Å². The van der Waals surface area contributed by atoms with Gasteiger partial charge in [0.1, 0.15) is 17.5 Å². The molecule has 1 atom stereocenters. The molecule has 102 valence electrons. The molecule has 0 fully saturated rings. The molecule has 0 saturated carbocycles. The largest absolute Gasteiger partial charge is 0.328 e. The molecule has 1 unspecified atom stereocenters. The number of H-pyrrole nitrogens is 1. The second-order valence-electron chi connectivity index (χ2n) is 4.38. The molecule has 0 amide bonds. The Bertz CT molecular complexity index is 560. The van der Waals surface area contributed by atoms with Crippen LogP contribution in [0.2, 0.25) is 0 Å². The third-order valence-corrected chi connectivity index (χ3v) is 3.35. The van der Waals surface area contributed by atoms with E-state index in [1.807, 2.05) is 0 Å². The second-order valence-corrected chi connectivity index (χ2v) is 5.35. The van der Waals surface area contributed by atoms with Gasteiger partial charge in [-0.05, 0) is 49.7 Å². The molecule has 0 saturated heterocycles. The predicted molar refractivity (Wildman–Crippen MR) is 69.0 cm³/mol.